The number of pyridine rings is 1. The Kier molecular flexibility index (Phi) is 4.17. The molecule has 2 N–H and O–H groups in total. The van der Waals surface area contributed by atoms with Crippen molar-refractivity contribution in [1.82, 2.24) is 9.29 Å². The molecule has 0 aliphatic carbocycles. The Morgan fingerprint density at radius 2 is 2.26 bits per heavy atom. The van der Waals surface area contributed by atoms with Gasteiger partial charge in [-0.05, 0) is 31.7 Å². The van der Waals surface area contributed by atoms with Crippen molar-refractivity contribution in [3.05, 3.63) is 24.3 Å². The van der Waals surface area contributed by atoms with Gasteiger partial charge in [0.15, 0.2) is 0 Å². The maximum absolute atomic E-state index is 13.1. The van der Waals surface area contributed by atoms with Gasteiger partial charge in [0.1, 0.15) is 10.7 Å². The molecule has 2 rings (SSSR count). The molecule has 106 valence electrons. The van der Waals surface area contributed by atoms with Gasteiger partial charge in [-0.25, -0.2) is 12.8 Å². The minimum Gasteiger partial charge on any atom is -0.328 e. The van der Waals surface area contributed by atoms with Crippen LogP contribution in [0, 0.1) is 11.7 Å². The number of rotatable bonds is 3. The fourth-order valence-corrected chi connectivity index (χ4v) is 3.81. The van der Waals surface area contributed by atoms with Crippen molar-refractivity contribution in [2.24, 2.45) is 11.7 Å². The summed E-state index contributed by atoms with van der Waals surface area (Å²) in [6.45, 7) is 2.71. The fraction of sp³-hybridized carbons (Fsp3) is 0.583. The van der Waals surface area contributed by atoms with Crippen LogP contribution >= 0.6 is 0 Å². The first kappa shape index (κ1) is 14.4. The van der Waals surface area contributed by atoms with Gasteiger partial charge in [0, 0.05) is 25.3 Å². The van der Waals surface area contributed by atoms with Crippen LogP contribution in [0.15, 0.2) is 23.4 Å². The van der Waals surface area contributed by atoms with Crippen molar-refractivity contribution >= 4 is 10.0 Å². The highest BCUT2D eigenvalue weighted by Crippen LogP contribution is 2.24. The van der Waals surface area contributed by atoms with E-state index in [-0.39, 0.29) is 16.9 Å². The fourth-order valence-electron chi connectivity index (χ4n) is 2.30. The summed E-state index contributed by atoms with van der Waals surface area (Å²) in [7, 11) is -3.68. The van der Waals surface area contributed by atoms with E-state index in [0.717, 1.165) is 25.1 Å². The third-order valence-electron chi connectivity index (χ3n) is 3.48. The molecule has 1 aromatic rings. The number of aromatic nitrogens is 1. The third-order valence-corrected chi connectivity index (χ3v) is 5.31. The average molecular weight is 287 g/mol. The van der Waals surface area contributed by atoms with Crippen LogP contribution in [0.2, 0.25) is 0 Å². The molecular weight excluding hydrogens is 269 g/mol. The van der Waals surface area contributed by atoms with E-state index in [0.29, 0.717) is 13.1 Å². The van der Waals surface area contributed by atoms with Crippen LogP contribution < -0.4 is 5.73 Å². The largest absolute Gasteiger partial charge is 0.328 e. The monoisotopic (exact) mass is 287 g/mol. The lowest BCUT2D eigenvalue weighted by Crippen LogP contribution is -2.44. The molecule has 0 bridgehead atoms. The van der Waals surface area contributed by atoms with Crippen molar-refractivity contribution in [1.29, 1.82) is 0 Å². The summed E-state index contributed by atoms with van der Waals surface area (Å²) in [5.41, 5.74) is 5.84. The van der Waals surface area contributed by atoms with Gasteiger partial charge in [-0.2, -0.15) is 4.31 Å². The maximum atomic E-state index is 13.1. The molecule has 7 heteroatoms. The second-order valence-corrected chi connectivity index (χ2v) is 6.90. The van der Waals surface area contributed by atoms with E-state index >= 15 is 0 Å². The Balaban J connectivity index is 2.24. The van der Waals surface area contributed by atoms with Crippen LogP contribution in [-0.2, 0) is 10.0 Å². The summed E-state index contributed by atoms with van der Waals surface area (Å²) < 4.78 is 39.3. The molecule has 0 spiro atoms. The van der Waals surface area contributed by atoms with Gasteiger partial charge in [-0.15, -0.1) is 0 Å². The molecule has 0 saturated carbocycles. The van der Waals surface area contributed by atoms with Gasteiger partial charge >= 0.3 is 0 Å². The van der Waals surface area contributed by atoms with Crippen LogP contribution in [0.3, 0.4) is 0 Å². The van der Waals surface area contributed by atoms with Gasteiger partial charge in [0.2, 0.25) is 10.0 Å². The number of nitrogens with two attached hydrogens (primary N) is 1. The summed E-state index contributed by atoms with van der Waals surface area (Å²) in [6.07, 6.45) is 3.85. The predicted molar refractivity (Wildman–Crippen MR) is 69.3 cm³/mol. The lowest BCUT2D eigenvalue weighted by atomic mass is 9.93. The standard InChI is InChI=1S/C12H18FN3O2S/c1-9(14)10-3-2-4-16(8-10)19(17,18)12-5-11(13)6-15-7-12/h5-7,9-10H,2-4,8,14H2,1H3. The number of halogens is 1. The minimum absolute atomic E-state index is 0.0522. The van der Waals surface area contributed by atoms with E-state index in [9.17, 15) is 12.8 Å². The van der Waals surface area contributed by atoms with Crippen molar-refractivity contribution in [2.75, 3.05) is 13.1 Å². The highest BCUT2D eigenvalue weighted by molar-refractivity contribution is 7.89. The Hall–Kier alpha value is -1.05. The first-order valence-electron chi connectivity index (χ1n) is 6.27. The van der Waals surface area contributed by atoms with Gasteiger partial charge in [-0.1, -0.05) is 0 Å². The molecule has 2 heterocycles. The Labute approximate surface area is 112 Å². The van der Waals surface area contributed by atoms with Crippen molar-refractivity contribution < 1.29 is 12.8 Å². The molecule has 0 radical (unpaired) electrons. The van der Waals surface area contributed by atoms with Crippen molar-refractivity contribution in [2.45, 2.75) is 30.7 Å². The molecular formula is C12H18FN3O2S. The second-order valence-electron chi connectivity index (χ2n) is 4.96. The molecule has 5 nitrogen and oxygen atoms in total. The predicted octanol–water partition coefficient (Wildman–Crippen LogP) is 0.969. The summed E-state index contributed by atoms with van der Waals surface area (Å²) in [5.74, 6) is -0.508. The zero-order chi connectivity index (χ0) is 14.0. The minimum atomic E-state index is -3.68. The van der Waals surface area contributed by atoms with Crippen molar-refractivity contribution in [3.63, 3.8) is 0 Å². The molecule has 1 aliphatic rings. The SMILES string of the molecule is CC(N)C1CCCN(S(=O)(=O)c2cncc(F)c2)C1. The van der Waals surface area contributed by atoms with E-state index in [1.165, 1.54) is 10.5 Å². The highest BCUT2D eigenvalue weighted by atomic mass is 32.2. The third kappa shape index (κ3) is 3.10. The molecule has 1 saturated heterocycles. The van der Waals surface area contributed by atoms with Gasteiger partial charge in [-0.3, -0.25) is 4.98 Å². The summed E-state index contributed by atoms with van der Waals surface area (Å²) >= 11 is 0. The average Bonchev–Trinajstić information content (AvgIpc) is 2.39. The number of piperidine rings is 1. The van der Waals surface area contributed by atoms with Crippen LogP contribution in [0.5, 0.6) is 0 Å². The Morgan fingerprint density at radius 3 is 2.89 bits per heavy atom. The van der Waals surface area contributed by atoms with E-state index in [1.807, 2.05) is 6.92 Å². The topological polar surface area (TPSA) is 76.3 Å². The van der Waals surface area contributed by atoms with E-state index in [2.05, 4.69) is 4.98 Å². The molecule has 1 fully saturated rings. The first-order valence-corrected chi connectivity index (χ1v) is 7.71. The summed E-state index contributed by atoms with van der Waals surface area (Å²) in [4.78, 5) is 3.49. The zero-order valence-corrected chi connectivity index (χ0v) is 11.6. The van der Waals surface area contributed by atoms with Crippen LogP contribution in [-0.4, -0.2) is 36.8 Å². The lowest BCUT2D eigenvalue weighted by molar-refractivity contribution is 0.243. The zero-order valence-electron chi connectivity index (χ0n) is 10.8. The van der Waals surface area contributed by atoms with Crippen molar-refractivity contribution in [3.8, 4) is 0 Å². The number of sulfonamides is 1. The molecule has 0 aromatic carbocycles. The number of nitrogens with zero attached hydrogens (tertiary/aromatic N) is 2. The number of hydrogen-bond acceptors (Lipinski definition) is 4. The van der Waals surface area contributed by atoms with E-state index in [1.54, 1.807) is 0 Å². The molecule has 2 atom stereocenters. The van der Waals surface area contributed by atoms with E-state index in [4.69, 9.17) is 5.73 Å². The van der Waals surface area contributed by atoms with Gasteiger partial charge in [0.05, 0.1) is 6.20 Å². The van der Waals surface area contributed by atoms with Crippen LogP contribution in [0.1, 0.15) is 19.8 Å². The van der Waals surface area contributed by atoms with Gasteiger partial charge < -0.3 is 5.73 Å². The molecule has 0 amide bonds. The molecule has 1 aliphatic heterocycles. The van der Waals surface area contributed by atoms with Crippen LogP contribution in [0.4, 0.5) is 4.39 Å². The van der Waals surface area contributed by atoms with E-state index < -0.39 is 15.8 Å². The Morgan fingerprint density at radius 1 is 1.53 bits per heavy atom. The summed E-state index contributed by atoms with van der Waals surface area (Å²) in [6, 6.07) is 0.946. The lowest BCUT2D eigenvalue weighted by Gasteiger charge is -2.33. The van der Waals surface area contributed by atoms with Crippen LogP contribution in [0.25, 0.3) is 0 Å². The highest BCUT2D eigenvalue weighted by Gasteiger charge is 2.31. The first-order chi connectivity index (χ1) is 8.91. The summed E-state index contributed by atoms with van der Waals surface area (Å²) in [5, 5.41) is 0. The smallest absolute Gasteiger partial charge is 0.244 e. The molecule has 1 aromatic heterocycles. The molecule has 2 unspecified atom stereocenters. The van der Waals surface area contributed by atoms with Gasteiger partial charge in [0.25, 0.3) is 0 Å². The number of hydrogen-bond donors (Lipinski definition) is 1. The quantitative estimate of drug-likeness (QED) is 0.898. The maximum Gasteiger partial charge on any atom is 0.244 e. The molecule has 19 heavy (non-hydrogen) atoms. The second kappa shape index (κ2) is 5.52. The Bertz CT molecular complexity index is 548. The normalized spacial score (nSPS) is 23.2.